The lowest BCUT2D eigenvalue weighted by Crippen LogP contribution is -2.51. The topological polar surface area (TPSA) is 53.8 Å². The van der Waals surface area contributed by atoms with Crippen LogP contribution < -0.4 is 0 Å². The van der Waals surface area contributed by atoms with E-state index in [0.29, 0.717) is 23.5 Å². The van der Waals surface area contributed by atoms with Crippen LogP contribution in [0.5, 0.6) is 0 Å². The summed E-state index contributed by atoms with van der Waals surface area (Å²) in [6.45, 7) is 0.246. The zero-order valence-electron chi connectivity index (χ0n) is 21.3. The van der Waals surface area contributed by atoms with E-state index >= 15 is 0 Å². The van der Waals surface area contributed by atoms with E-state index < -0.39 is 46.9 Å². The highest BCUT2D eigenvalue weighted by Crippen LogP contribution is 2.38. The number of likely N-dealkylation sites (N-methyl/N-ethyl adjacent to an activating group) is 1. The van der Waals surface area contributed by atoms with Gasteiger partial charge in [-0.15, -0.1) is 0 Å². The molecule has 1 aliphatic rings. The highest BCUT2D eigenvalue weighted by atomic mass is 35.5. The molecular weight excluding hydrogens is 597 g/mol. The van der Waals surface area contributed by atoms with Crippen molar-refractivity contribution >= 4 is 41.1 Å². The predicted molar refractivity (Wildman–Crippen MR) is 140 cm³/mol. The van der Waals surface area contributed by atoms with Gasteiger partial charge in [0.15, 0.2) is 0 Å². The number of furan rings is 1. The molecule has 1 saturated heterocycles. The van der Waals surface area contributed by atoms with Gasteiger partial charge in [0.2, 0.25) is 5.91 Å². The molecule has 4 rings (SSSR count). The van der Waals surface area contributed by atoms with Gasteiger partial charge in [-0.25, -0.2) is 0 Å². The molecule has 0 bridgehead atoms. The van der Waals surface area contributed by atoms with Gasteiger partial charge in [0.05, 0.1) is 27.4 Å². The number of amides is 2. The molecule has 2 heterocycles. The average Bonchev–Trinajstić information content (AvgIpc) is 3.44. The first kappa shape index (κ1) is 30.5. The van der Waals surface area contributed by atoms with Gasteiger partial charge < -0.3 is 14.2 Å². The highest BCUT2D eigenvalue weighted by molar-refractivity contribution is 6.42. The van der Waals surface area contributed by atoms with Gasteiger partial charge in [-0.05, 0) is 60.5 Å². The molecular formula is C28H22Cl2F6N2O3. The van der Waals surface area contributed by atoms with E-state index in [1.807, 2.05) is 0 Å². The number of hydrogen-bond donors (Lipinski definition) is 0. The fourth-order valence-corrected chi connectivity index (χ4v) is 5.06. The van der Waals surface area contributed by atoms with Crippen LogP contribution >= 0.6 is 23.2 Å². The van der Waals surface area contributed by atoms with E-state index in [1.165, 1.54) is 36.4 Å². The Morgan fingerprint density at radius 1 is 0.976 bits per heavy atom. The molecule has 0 spiro atoms. The van der Waals surface area contributed by atoms with Crippen LogP contribution in [0, 0.1) is 0 Å². The normalized spacial score (nSPS) is 18.1. The van der Waals surface area contributed by atoms with Gasteiger partial charge in [-0.3, -0.25) is 9.59 Å². The molecule has 1 aliphatic heterocycles. The standard InChI is InChI=1S/C28H22Cl2F6N2O3/c1-37(26(40)17-11-18(27(31,32)33)14-19(12-17)28(34,35)36)24-8-9-38(25(39)7-5-20-3-2-10-41-20)15-21(24)16-4-6-22(29)23(30)13-16/h2-7,10-14,21,24H,8-9,15H2,1H3/t21-,24+/m0/s1. The van der Waals surface area contributed by atoms with Crippen LogP contribution in [-0.4, -0.2) is 47.8 Å². The quantitative estimate of drug-likeness (QED) is 0.217. The minimum atomic E-state index is -5.10. The molecule has 13 heteroatoms. The summed E-state index contributed by atoms with van der Waals surface area (Å²) in [5.74, 6) is -1.53. The number of piperidine rings is 1. The largest absolute Gasteiger partial charge is 0.465 e. The third kappa shape index (κ3) is 7.08. The Balaban J connectivity index is 1.67. The zero-order chi connectivity index (χ0) is 30.1. The molecule has 3 aromatic rings. The number of benzene rings is 2. The van der Waals surface area contributed by atoms with E-state index in [4.69, 9.17) is 27.6 Å². The van der Waals surface area contributed by atoms with Crippen molar-refractivity contribution in [3.05, 3.63) is 98.9 Å². The number of carbonyl (C=O) groups is 2. The summed E-state index contributed by atoms with van der Waals surface area (Å²) in [5, 5.41) is 0.455. The number of halogens is 8. The van der Waals surface area contributed by atoms with Gasteiger partial charge >= 0.3 is 12.4 Å². The second-order valence-corrected chi connectivity index (χ2v) is 10.3. The van der Waals surface area contributed by atoms with E-state index in [2.05, 4.69) is 0 Å². The molecule has 0 aliphatic carbocycles. The highest BCUT2D eigenvalue weighted by Gasteiger charge is 2.40. The lowest BCUT2D eigenvalue weighted by atomic mass is 9.84. The Labute approximate surface area is 240 Å². The van der Waals surface area contributed by atoms with Crippen molar-refractivity contribution in [1.82, 2.24) is 9.80 Å². The van der Waals surface area contributed by atoms with Crippen molar-refractivity contribution < 1.29 is 40.3 Å². The number of nitrogens with zero attached hydrogens (tertiary/aromatic N) is 2. The van der Waals surface area contributed by atoms with Gasteiger partial charge in [0.25, 0.3) is 5.91 Å². The van der Waals surface area contributed by atoms with Crippen molar-refractivity contribution in [2.75, 3.05) is 20.1 Å². The third-order valence-corrected chi connectivity index (χ3v) is 7.58. The predicted octanol–water partition coefficient (Wildman–Crippen LogP) is 7.79. The van der Waals surface area contributed by atoms with Crippen molar-refractivity contribution in [2.24, 2.45) is 0 Å². The Morgan fingerprint density at radius 2 is 1.63 bits per heavy atom. The number of likely N-dealkylation sites (tertiary alicyclic amines) is 1. The Kier molecular flexibility index (Phi) is 8.79. The van der Waals surface area contributed by atoms with Gasteiger partial charge in [0.1, 0.15) is 5.76 Å². The summed E-state index contributed by atoms with van der Waals surface area (Å²) in [4.78, 5) is 29.0. The van der Waals surface area contributed by atoms with Crippen molar-refractivity contribution in [2.45, 2.75) is 30.7 Å². The van der Waals surface area contributed by atoms with Crippen LogP contribution in [0.2, 0.25) is 10.0 Å². The summed E-state index contributed by atoms with van der Waals surface area (Å²) in [6.07, 6.45) is -5.77. The van der Waals surface area contributed by atoms with Gasteiger partial charge in [0, 0.05) is 43.7 Å². The lowest BCUT2D eigenvalue weighted by Gasteiger charge is -2.43. The Bertz CT molecular complexity index is 1420. The van der Waals surface area contributed by atoms with E-state index in [0.717, 1.165) is 4.90 Å². The molecule has 0 saturated carbocycles. The first-order valence-corrected chi connectivity index (χ1v) is 12.9. The van der Waals surface area contributed by atoms with Crippen LogP contribution in [0.4, 0.5) is 26.3 Å². The average molecular weight is 619 g/mol. The summed E-state index contributed by atoms with van der Waals surface area (Å²) in [5.41, 5.74) is -3.36. The maximum Gasteiger partial charge on any atom is 0.416 e. The van der Waals surface area contributed by atoms with Crippen molar-refractivity contribution in [1.29, 1.82) is 0 Å². The molecule has 1 fully saturated rings. The van der Waals surface area contributed by atoms with Crippen LogP contribution in [0.3, 0.4) is 0 Å². The second kappa shape index (κ2) is 11.8. The molecule has 0 unspecified atom stereocenters. The van der Waals surface area contributed by atoms with E-state index in [9.17, 15) is 35.9 Å². The zero-order valence-corrected chi connectivity index (χ0v) is 22.8. The summed E-state index contributed by atoms with van der Waals surface area (Å²) in [7, 11) is 1.30. The van der Waals surface area contributed by atoms with Crippen molar-refractivity contribution in [3.63, 3.8) is 0 Å². The fraction of sp³-hybridized carbons (Fsp3) is 0.286. The Morgan fingerprint density at radius 3 is 2.20 bits per heavy atom. The maximum atomic E-state index is 13.4. The molecule has 2 atom stereocenters. The second-order valence-electron chi connectivity index (χ2n) is 9.48. The minimum absolute atomic E-state index is 0.0321. The molecule has 1 aromatic heterocycles. The fourth-order valence-electron chi connectivity index (χ4n) is 4.75. The van der Waals surface area contributed by atoms with Crippen LogP contribution in [0.1, 0.15) is 45.1 Å². The van der Waals surface area contributed by atoms with E-state index in [-0.39, 0.29) is 41.5 Å². The third-order valence-electron chi connectivity index (χ3n) is 6.85. The molecule has 2 aromatic carbocycles. The maximum absolute atomic E-state index is 13.4. The first-order valence-electron chi connectivity index (χ1n) is 12.2. The molecule has 218 valence electrons. The summed E-state index contributed by atoms with van der Waals surface area (Å²) < 4.78 is 85.7. The molecule has 2 amide bonds. The van der Waals surface area contributed by atoms with Crippen LogP contribution in [-0.2, 0) is 17.1 Å². The molecule has 0 N–H and O–H groups in total. The number of rotatable bonds is 5. The molecule has 5 nitrogen and oxygen atoms in total. The van der Waals surface area contributed by atoms with Gasteiger partial charge in [-0.2, -0.15) is 26.3 Å². The molecule has 0 radical (unpaired) electrons. The first-order chi connectivity index (χ1) is 19.1. The van der Waals surface area contributed by atoms with Crippen molar-refractivity contribution in [3.8, 4) is 0 Å². The van der Waals surface area contributed by atoms with E-state index in [1.54, 1.807) is 24.3 Å². The number of alkyl halides is 6. The smallest absolute Gasteiger partial charge is 0.416 e. The van der Waals surface area contributed by atoms with Crippen LogP contribution in [0.25, 0.3) is 6.08 Å². The van der Waals surface area contributed by atoms with Crippen LogP contribution in [0.15, 0.2) is 65.3 Å². The number of hydrogen-bond acceptors (Lipinski definition) is 3. The monoisotopic (exact) mass is 618 g/mol. The SMILES string of the molecule is CN(C(=O)c1cc(C(F)(F)F)cc(C(F)(F)F)c1)[C@@H]1CCN(C(=O)C=Cc2ccco2)C[C@H]1c1ccc(Cl)c(Cl)c1. The minimum Gasteiger partial charge on any atom is -0.465 e. The number of carbonyl (C=O) groups excluding carboxylic acids is 2. The molecule has 41 heavy (non-hydrogen) atoms. The summed E-state index contributed by atoms with van der Waals surface area (Å²) >= 11 is 12.3. The lowest BCUT2D eigenvalue weighted by molar-refractivity contribution is -0.143. The summed E-state index contributed by atoms with van der Waals surface area (Å²) in [6, 6.07) is 8.11. The Hall–Kier alpha value is -3.44. The van der Waals surface area contributed by atoms with Gasteiger partial charge in [-0.1, -0.05) is 29.3 Å².